The van der Waals surface area contributed by atoms with E-state index < -0.39 is 0 Å². The van der Waals surface area contributed by atoms with Crippen LogP contribution in [0.15, 0.2) is 18.2 Å². The van der Waals surface area contributed by atoms with Crippen LogP contribution < -0.4 is 0 Å². The van der Waals surface area contributed by atoms with Crippen molar-refractivity contribution in [2.75, 3.05) is 6.61 Å². The van der Waals surface area contributed by atoms with E-state index in [1.165, 1.54) is 12.1 Å². The van der Waals surface area contributed by atoms with E-state index in [0.29, 0.717) is 16.9 Å². The Balaban J connectivity index is 2.00. The van der Waals surface area contributed by atoms with Crippen LogP contribution in [0.5, 0.6) is 0 Å². The third-order valence-electron chi connectivity index (χ3n) is 3.79. The van der Waals surface area contributed by atoms with Crippen molar-refractivity contribution in [3.8, 4) is 0 Å². The second-order valence-corrected chi connectivity index (χ2v) is 5.30. The molecule has 0 atom stereocenters. The fraction of sp³-hybridized carbons (Fsp3) is 0.571. The molecule has 1 N–H and O–H groups in total. The van der Waals surface area contributed by atoms with Crippen LogP contribution in [0.2, 0.25) is 5.02 Å². The molecule has 1 aromatic carbocycles. The third-order valence-corrected chi connectivity index (χ3v) is 4.11. The summed E-state index contributed by atoms with van der Waals surface area (Å²) in [7, 11) is 0. The normalized spacial score (nSPS) is 24.9. The highest BCUT2D eigenvalue weighted by molar-refractivity contribution is 6.31. The summed E-state index contributed by atoms with van der Waals surface area (Å²) in [6.45, 7) is 0.284. The average molecular weight is 257 g/mol. The molecule has 1 fully saturated rings. The summed E-state index contributed by atoms with van der Waals surface area (Å²) in [5.41, 5.74) is 1.08. The Bertz CT molecular complexity index is 372. The fourth-order valence-electron chi connectivity index (χ4n) is 2.78. The zero-order valence-electron chi connectivity index (χ0n) is 9.83. The number of rotatable bonds is 3. The maximum absolute atomic E-state index is 13.0. The molecule has 94 valence electrons. The average Bonchev–Trinajstić information content (AvgIpc) is 2.31. The first-order valence-corrected chi connectivity index (χ1v) is 6.64. The number of hydrogen-bond acceptors (Lipinski definition) is 1. The van der Waals surface area contributed by atoms with Gasteiger partial charge in [0.1, 0.15) is 5.82 Å². The summed E-state index contributed by atoms with van der Waals surface area (Å²) < 4.78 is 13.0. The van der Waals surface area contributed by atoms with Crippen LogP contribution in [0.25, 0.3) is 0 Å². The molecular weight excluding hydrogens is 239 g/mol. The molecule has 1 aromatic rings. The van der Waals surface area contributed by atoms with E-state index in [9.17, 15) is 4.39 Å². The zero-order valence-corrected chi connectivity index (χ0v) is 10.6. The molecule has 0 bridgehead atoms. The molecule has 0 aromatic heterocycles. The summed E-state index contributed by atoms with van der Waals surface area (Å²) in [4.78, 5) is 0. The minimum atomic E-state index is -0.271. The summed E-state index contributed by atoms with van der Waals surface area (Å²) in [5, 5.41) is 9.46. The van der Waals surface area contributed by atoms with E-state index in [1.54, 1.807) is 0 Å². The highest BCUT2D eigenvalue weighted by Gasteiger charge is 2.23. The zero-order chi connectivity index (χ0) is 12.3. The van der Waals surface area contributed by atoms with Gasteiger partial charge in [-0.3, -0.25) is 0 Å². The van der Waals surface area contributed by atoms with Gasteiger partial charge in [0.15, 0.2) is 0 Å². The Labute approximate surface area is 107 Å². The summed E-state index contributed by atoms with van der Waals surface area (Å²) in [6.07, 6.45) is 5.37. The molecule has 0 unspecified atom stereocenters. The molecule has 0 spiro atoms. The van der Waals surface area contributed by atoms with Crippen LogP contribution in [0, 0.1) is 11.7 Å². The van der Waals surface area contributed by atoms with E-state index in [4.69, 9.17) is 16.7 Å². The Morgan fingerprint density at radius 1 is 1.24 bits per heavy atom. The number of aliphatic hydroxyl groups excluding tert-OH is 1. The molecule has 1 nitrogen and oxygen atoms in total. The van der Waals surface area contributed by atoms with Gasteiger partial charge in [0.05, 0.1) is 0 Å². The van der Waals surface area contributed by atoms with Crippen molar-refractivity contribution in [1.29, 1.82) is 0 Å². The van der Waals surface area contributed by atoms with Crippen LogP contribution in [-0.4, -0.2) is 11.7 Å². The van der Waals surface area contributed by atoms with Crippen LogP contribution in [-0.2, 0) is 0 Å². The first-order valence-electron chi connectivity index (χ1n) is 6.26. The van der Waals surface area contributed by atoms with Gasteiger partial charge in [-0.25, -0.2) is 4.39 Å². The molecule has 1 aliphatic rings. The molecule has 1 aliphatic carbocycles. The van der Waals surface area contributed by atoms with E-state index in [0.717, 1.165) is 37.7 Å². The monoisotopic (exact) mass is 256 g/mol. The van der Waals surface area contributed by atoms with Gasteiger partial charge in [-0.05, 0) is 61.6 Å². The van der Waals surface area contributed by atoms with E-state index in [1.807, 2.05) is 6.07 Å². The maximum Gasteiger partial charge on any atom is 0.124 e. The number of benzene rings is 1. The molecule has 0 aliphatic heterocycles. The van der Waals surface area contributed by atoms with Crippen molar-refractivity contribution >= 4 is 11.6 Å². The Hall–Kier alpha value is -0.600. The van der Waals surface area contributed by atoms with Gasteiger partial charge in [-0.1, -0.05) is 17.7 Å². The van der Waals surface area contributed by atoms with Crippen LogP contribution in [0.4, 0.5) is 4.39 Å². The molecule has 0 heterocycles. The van der Waals surface area contributed by atoms with Crippen molar-refractivity contribution in [1.82, 2.24) is 0 Å². The molecule has 0 radical (unpaired) electrons. The van der Waals surface area contributed by atoms with Crippen molar-refractivity contribution in [2.45, 2.75) is 38.0 Å². The molecule has 1 saturated carbocycles. The van der Waals surface area contributed by atoms with Gasteiger partial charge in [0.2, 0.25) is 0 Å². The molecule has 3 heteroatoms. The van der Waals surface area contributed by atoms with Gasteiger partial charge >= 0.3 is 0 Å². The number of halogens is 2. The lowest BCUT2D eigenvalue weighted by Gasteiger charge is -2.28. The van der Waals surface area contributed by atoms with Crippen molar-refractivity contribution < 1.29 is 9.50 Å². The minimum Gasteiger partial charge on any atom is -0.396 e. The van der Waals surface area contributed by atoms with Gasteiger partial charge < -0.3 is 5.11 Å². The van der Waals surface area contributed by atoms with Gasteiger partial charge in [-0.2, -0.15) is 0 Å². The minimum absolute atomic E-state index is 0.271. The standard InChI is InChI=1S/C14H18ClFO/c15-14-9-12(16)5-6-13(14)11-3-1-10(2-4-11)7-8-17/h5-6,9-11,17H,1-4,7-8H2. The van der Waals surface area contributed by atoms with Crippen molar-refractivity contribution in [3.05, 3.63) is 34.6 Å². The molecular formula is C14H18ClFO. The smallest absolute Gasteiger partial charge is 0.124 e. The Kier molecular flexibility index (Phi) is 4.41. The largest absolute Gasteiger partial charge is 0.396 e. The lowest BCUT2D eigenvalue weighted by molar-refractivity contribution is 0.222. The van der Waals surface area contributed by atoms with Crippen LogP contribution >= 0.6 is 11.6 Å². The summed E-state index contributed by atoms with van der Waals surface area (Å²) >= 11 is 6.08. The second-order valence-electron chi connectivity index (χ2n) is 4.90. The van der Waals surface area contributed by atoms with Gasteiger partial charge in [0, 0.05) is 11.6 Å². The predicted molar refractivity (Wildman–Crippen MR) is 67.8 cm³/mol. The fourth-order valence-corrected chi connectivity index (χ4v) is 3.10. The van der Waals surface area contributed by atoms with E-state index in [2.05, 4.69) is 0 Å². The SMILES string of the molecule is OCCC1CCC(c2ccc(F)cc2Cl)CC1. The summed E-state index contributed by atoms with van der Waals surface area (Å²) in [5.74, 6) is 0.834. The highest BCUT2D eigenvalue weighted by Crippen LogP contribution is 2.39. The first-order chi connectivity index (χ1) is 8.20. The van der Waals surface area contributed by atoms with Gasteiger partial charge in [-0.15, -0.1) is 0 Å². The van der Waals surface area contributed by atoms with E-state index in [-0.39, 0.29) is 12.4 Å². The van der Waals surface area contributed by atoms with Crippen molar-refractivity contribution in [3.63, 3.8) is 0 Å². The first kappa shape index (κ1) is 12.8. The lowest BCUT2D eigenvalue weighted by Crippen LogP contribution is -2.14. The highest BCUT2D eigenvalue weighted by atomic mass is 35.5. The van der Waals surface area contributed by atoms with Crippen molar-refractivity contribution in [2.24, 2.45) is 5.92 Å². The molecule has 17 heavy (non-hydrogen) atoms. The van der Waals surface area contributed by atoms with Crippen LogP contribution in [0.1, 0.15) is 43.6 Å². The van der Waals surface area contributed by atoms with Crippen LogP contribution in [0.3, 0.4) is 0 Å². The Morgan fingerprint density at radius 3 is 2.53 bits per heavy atom. The third kappa shape index (κ3) is 3.20. The molecule has 0 amide bonds. The quantitative estimate of drug-likeness (QED) is 0.862. The number of hydrogen-bond donors (Lipinski definition) is 1. The Morgan fingerprint density at radius 2 is 1.94 bits per heavy atom. The summed E-state index contributed by atoms with van der Waals surface area (Å²) in [6, 6.07) is 4.70. The molecule has 2 rings (SSSR count). The predicted octanol–water partition coefficient (Wildman–Crippen LogP) is 4.14. The topological polar surface area (TPSA) is 20.2 Å². The maximum atomic E-state index is 13.0. The molecule has 0 saturated heterocycles. The van der Waals surface area contributed by atoms with Gasteiger partial charge in [0.25, 0.3) is 0 Å². The lowest BCUT2D eigenvalue weighted by atomic mass is 9.77. The second kappa shape index (κ2) is 5.83. The van der Waals surface area contributed by atoms with E-state index >= 15 is 0 Å². The number of aliphatic hydroxyl groups is 1.